The number of carbonyl (C=O) groups excluding carboxylic acids is 1. The van der Waals surface area contributed by atoms with Crippen LogP contribution < -0.4 is 5.32 Å². The van der Waals surface area contributed by atoms with E-state index in [2.05, 4.69) is 29.6 Å². The van der Waals surface area contributed by atoms with Crippen molar-refractivity contribution in [3.05, 3.63) is 70.8 Å². The molecular weight excluding hydrogens is 342 g/mol. The van der Waals surface area contributed by atoms with E-state index in [9.17, 15) is 9.59 Å². The SMILES string of the molecule is Cc1ccc(C2OCCCC2NC(=O)CCc2ccc(C(=O)O)cc2)cc1. The molecule has 0 aliphatic carbocycles. The molecule has 3 rings (SSSR count). The number of nitrogens with one attached hydrogen (secondary N) is 1. The average molecular weight is 367 g/mol. The first-order chi connectivity index (χ1) is 13.0. The number of carbonyl (C=O) groups is 2. The minimum atomic E-state index is -0.946. The molecule has 0 spiro atoms. The highest BCUT2D eigenvalue weighted by Crippen LogP contribution is 2.28. The first kappa shape index (κ1) is 19.1. The van der Waals surface area contributed by atoms with Gasteiger partial charge in [-0.2, -0.15) is 0 Å². The molecule has 1 fully saturated rings. The van der Waals surface area contributed by atoms with Crippen molar-refractivity contribution in [3.8, 4) is 0 Å². The molecule has 2 aromatic rings. The van der Waals surface area contributed by atoms with Gasteiger partial charge in [-0.3, -0.25) is 4.79 Å². The normalized spacial score (nSPS) is 19.4. The number of amides is 1. The van der Waals surface area contributed by atoms with Crippen LogP contribution in [0, 0.1) is 6.92 Å². The minimum absolute atomic E-state index is 0.00933. The van der Waals surface area contributed by atoms with Crippen molar-refractivity contribution < 1.29 is 19.4 Å². The molecule has 1 saturated heterocycles. The minimum Gasteiger partial charge on any atom is -0.478 e. The summed E-state index contributed by atoms with van der Waals surface area (Å²) in [4.78, 5) is 23.3. The molecule has 2 atom stereocenters. The lowest BCUT2D eigenvalue weighted by molar-refractivity contribution is -0.124. The van der Waals surface area contributed by atoms with Gasteiger partial charge < -0.3 is 15.2 Å². The van der Waals surface area contributed by atoms with Crippen LogP contribution in [0.1, 0.15) is 52.4 Å². The molecule has 0 aromatic heterocycles. The van der Waals surface area contributed by atoms with E-state index in [4.69, 9.17) is 9.84 Å². The molecule has 0 radical (unpaired) electrons. The second kappa shape index (κ2) is 8.82. The zero-order valence-electron chi connectivity index (χ0n) is 15.5. The van der Waals surface area contributed by atoms with Crippen molar-refractivity contribution in [3.63, 3.8) is 0 Å². The molecule has 1 amide bonds. The molecule has 2 N–H and O–H groups in total. The molecule has 0 bridgehead atoms. The fourth-order valence-corrected chi connectivity index (χ4v) is 3.36. The number of aryl methyl sites for hydroxylation is 2. The van der Waals surface area contributed by atoms with Crippen LogP contribution in [-0.4, -0.2) is 29.6 Å². The van der Waals surface area contributed by atoms with Gasteiger partial charge in [0.1, 0.15) is 6.10 Å². The molecule has 2 unspecified atom stereocenters. The summed E-state index contributed by atoms with van der Waals surface area (Å²) in [5.74, 6) is -0.955. The van der Waals surface area contributed by atoms with Crippen molar-refractivity contribution in [1.82, 2.24) is 5.32 Å². The zero-order chi connectivity index (χ0) is 19.2. The van der Waals surface area contributed by atoms with Gasteiger partial charge in [0.15, 0.2) is 0 Å². The summed E-state index contributed by atoms with van der Waals surface area (Å²) in [6, 6.07) is 14.9. The molecule has 5 heteroatoms. The largest absolute Gasteiger partial charge is 0.478 e. The van der Waals surface area contributed by atoms with E-state index in [1.165, 1.54) is 5.56 Å². The third kappa shape index (κ3) is 5.17. The van der Waals surface area contributed by atoms with Crippen LogP contribution in [-0.2, 0) is 16.0 Å². The number of rotatable bonds is 6. The fourth-order valence-electron chi connectivity index (χ4n) is 3.36. The van der Waals surface area contributed by atoms with Gasteiger partial charge in [-0.05, 0) is 49.4 Å². The molecule has 2 aromatic carbocycles. The van der Waals surface area contributed by atoms with Crippen LogP contribution in [0.5, 0.6) is 0 Å². The quantitative estimate of drug-likeness (QED) is 0.817. The van der Waals surface area contributed by atoms with Crippen molar-refractivity contribution in [2.45, 2.75) is 44.8 Å². The Morgan fingerprint density at radius 1 is 1.11 bits per heavy atom. The van der Waals surface area contributed by atoms with Gasteiger partial charge >= 0.3 is 5.97 Å². The Morgan fingerprint density at radius 2 is 1.81 bits per heavy atom. The van der Waals surface area contributed by atoms with Crippen LogP contribution in [0.25, 0.3) is 0 Å². The van der Waals surface area contributed by atoms with Crippen molar-refractivity contribution in [1.29, 1.82) is 0 Å². The van der Waals surface area contributed by atoms with E-state index in [1.54, 1.807) is 24.3 Å². The summed E-state index contributed by atoms with van der Waals surface area (Å²) >= 11 is 0. The molecule has 1 aliphatic rings. The van der Waals surface area contributed by atoms with Crippen LogP contribution in [0.3, 0.4) is 0 Å². The molecular formula is C22H25NO4. The predicted molar refractivity (Wildman–Crippen MR) is 103 cm³/mol. The number of carboxylic acids is 1. The number of carboxylic acid groups (broad SMARTS) is 1. The van der Waals surface area contributed by atoms with E-state index in [-0.39, 0.29) is 23.6 Å². The second-order valence-electron chi connectivity index (χ2n) is 7.02. The number of hydrogen-bond acceptors (Lipinski definition) is 3. The number of benzene rings is 2. The predicted octanol–water partition coefficient (Wildman–Crippen LogP) is 3.66. The molecule has 27 heavy (non-hydrogen) atoms. The van der Waals surface area contributed by atoms with Gasteiger partial charge in [0.25, 0.3) is 0 Å². The standard InChI is InChI=1S/C22H25NO4/c1-15-4-9-17(10-5-15)21-19(3-2-14-27-21)23-20(24)13-8-16-6-11-18(12-7-16)22(25)26/h4-7,9-12,19,21H,2-3,8,13-14H2,1H3,(H,23,24)(H,25,26). The van der Waals surface area contributed by atoms with Gasteiger partial charge in [0.2, 0.25) is 5.91 Å². The summed E-state index contributed by atoms with van der Waals surface area (Å²) in [5, 5.41) is 12.1. The van der Waals surface area contributed by atoms with Crippen LogP contribution >= 0.6 is 0 Å². The summed E-state index contributed by atoms with van der Waals surface area (Å²) in [6.07, 6.45) is 2.66. The second-order valence-corrected chi connectivity index (χ2v) is 7.02. The van der Waals surface area contributed by atoms with Gasteiger partial charge in [-0.25, -0.2) is 4.79 Å². The smallest absolute Gasteiger partial charge is 0.335 e. The van der Waals surface area contributed by atoms with Crippen molar-refractivity contribution >= 4 is 11.9 Å². The maximum atomic E-state index is 12.4. The third-order valence-corrected chi connectivity index (χ3v) is 4.92. The number of hydrogen-bond donors (Lipinski definition) is 2. The van der Waals surface area contributed by atoms with E-state index in [0.717, 1.165) is 24.0 Å². The highest BCUT2D eigenvalue weighted by atomic mass is 16.5. The van der Waals surface area contributed by atoms with E-state index in [0.29, 0.717) is 19.4 Å². The average Bonchev–Trinajstić information content (AvgIpc) is 2.68. The fraction of sp³-hybridized carbons (Fsp3) is 0.364. The van der Waals surface area contributed by atoms with E-state index < -0.39 is 5.97 Å². The maximum absolute atomic E-state index is 12.4. The Morgan fingerprint density at radius 3 is 2.48 bits per heavy atom. The molecule has 142 valence electrons. The monoisotopic (exact) mass is 367 g/mol. The lowest BCUT2D eigenvalue weighted by Crippen LogP contribution is -2.42. The van der Waals surface area contributed by atoms with Crippen molar-refractivity contribution in [2.75, 3.05) is 6.61 Å². The Labute approximate surface area is 159 Å². The Hall–Kier alpha value is -2.66. The Balaban J connectivity index is 1.56. The molecule has 1 aliphatic heterocycles. The maximum Gasteiger partial charge on any atom is 0.335 e. The first-order valence-corrected chi connectivity index (χ1v) is 9.33. The van der Waals surface area contributed by atoms with Crippen LogP contribution in [0.2, 0.25) is 0 Å². The highest BCUT2D eigenvalue weighted by molar-refractivity contribution is 5.87. The summed E-state index contributed by atoms with van der Waals surface area (Å²) in [7, 11) is 0. The van der Waals surface area contributed by atoms with E-state index >= 15 is 0 Å². The van der Waals surface area contributed by atoms with Crippen LogP contribution in [0.15, 0.2) is 48.5 Å². The summed E-state index contributed by atoms with van der Waals surface area (Å²) in [5.41, 5.74) is 3.49. The van der Waals surface area contributed by atoms with Gasteiger partial charge in [-0.15, -0.1) is 0 Å². The summed E-state index contributed by atoms with van der Waals surface area (Å²) in [6.45, 7) is 2.76. The summed E-state index contributed by atoms with van der Waals surface area (Å²) < 4.78 is 5.95. The Kier molecular flexibility index (Phi) is 6.24. The lowest BCUT2D eigenvalue weighted by Gasteiger charge is -2.32. The first-order valence-electron chi connectivity index (χ1n) is 9.33. The number of ether oxygens (including phenoxy) is 1. The molecule has 0 saturated carbocycles. The van der Waals surface area contributed by atoms with Gasteiger partial charge in [0, 0.05) is 13.0 Å². The topological polar surface area (TPSA) is 75.6 Å². The third-order valence-electron chi connectivity index (χ3n) is 4.92. The molecule has 5 nitrogen and oxygen atoms in total. The lowest BCUT2D eigenvalue weighted by atomic mass is 9.95. The Bertz CT molecular complexity index is 783. The van der Waals surface area contributed by atoms with Gasteiger partial charge in [0.05, 0.1) is 11.6 Å². The highest BCUT2D eigenvalue weighted by Gasteiger charge is 2.28. The van der Waals surface area contributed by atoms with Crippen molar-refractivity contribution in [2.24, 2.45) is 0 Å². The van der Waals surface area contributed by atoms with Gasteiger partial charge in [-0.1, -0.05) is 42.0 Å². The van der Waals surface area contributed by atoms with E-state index in [1.807, 2.05) is 6.92 Å². The molecule has 1 heterocycles. The number of aromatic carboxylic acids is 1. The zero-order valence-corrected chi connectivity index (χ0v) is 15.5. The van der Waals surface area contributed by atoms with Crippen LogP contribution in [0.4, 0.5) is 0 Å².